The topological polar surface area (TPSA) is 87.8 Å². The van der Waals surface area contributed by atoms with Crippen molar-refractivity contribution in [2.24, 2.45) is 5.73 Å². The lowest BCUT2D eigenvalue weighted by Gasteiger charge is -1.96. The Morgan fingerprint density at radius 2 is 1.92 bits per heavy atom. The molecule has 0 radical (unpaired) electrons. The van der Waals surface area contributed by atoms with Crippen molar-refractivity contribution in [1.82, 2.24) is 15.2 Å². The average molecular weight is 229 g/mol. The molecule has 0 aromatic carbocycles. The fraction of sp³-hybridized carbons (Fsp3) is 0.667. The van der Waals surface area contributed by atoms with Gasteiger partial charge in [-0.25, -0.2) is 4.98 Å². The van der Waals surface area contributed by atoms with Gasteiger partial charge in [0.05, 0.1) is 6.04 Å². The van der Waals surface area contributed by atoms with Gasteiger partial charge in [-0.1, -0.05) is 0 Å². The molecule has 1 rings (SSSR count). The minimum Gasteiger partial charge on any atom is -0.385 e. The van der Waals surface area contributed by atoms with E-state index in [2.05, 4.69) is 15.2 Å². The zero-order valence-corrected chi connectivity index (χ0v) is 9.02. The van der Waals surface area contributed by atoms with Crippen LogP contribution in [0.1, 0.15) is 37.6 Å². The summed E-state index contributed by atoms with van der Waals surface area (Å²) in [4.78, 5) is 3.97. The van der Waals surface area contributed by atoms with Crippen LogP contribution < -0.4 is 5.73 Å². The maximum atomic E-state index is 9.04. The number of aromatic nitrogens is 3. The van der Waals surface area contributed by atoms with E-state index < -0.39 is 6.10 Å². The molecule has 1 heterocycles. The molecule has 0 aliphatic heterocycles. The first-order valence-electron chi connectivity index (χ1n) is 3.47. The number of aromatic amines is 1. The smallest absolute Gasteiger partial charge is 0.167 e. The fourth-order valence-electron chi connectivity index (χ4n) is 0.678. The van der Waals surface area contributed by atoms with Crippen LogP contribution in [0.2, 0.25) is 0 Å². The van der Waals surface area contributed by atoms with Crippen LogP contribution in [0.3, 0.4) is 0 Å². The Hall–Kier alpha value is -0.360. The van der Waals surface area contributed by atoms with Gasteiger partial charge < -0.3 is 10.8 Å². The molecule has 1 aromatic heterocycles. The lowest BCUT2D eigenvalue weighted by atomic mass is 10.3. The summed E-state index contributed by atoms with van der Waals surface area (Å²) in [6.45, 7) is 3.40. The Kier molecular flexibility index (Phi) is 7.15. The van der Waals surface area contributed by atoms with Gasteiger partial charge in [-0.3, -0.25) is 5.10 Å². The van der Waals surface area contributed by atoms with Gasteiger partial charge in [0.25, 0.3) is 0 Å². The molecule has 5 nitrogen and oxygen atoms in total. The number of aliphatic hydroxyl groups is 1. The second-order valence-corrected chi connectivity index (χ2v) is 2.54. The van der Waals surface area contributed by atoms with E-state index in [1.54, 1.807) is 13.8 Å². The Morgan fingerprint density at radius 1 is 1.38 bits per heavy atom. The Morgan fingerprint density at radius 3 is 2.15 bits per heavy atom. The number of aliphatic hydroxyl groups excluding tert-OH is 1. The van der Waals surface area contributed by atoms with Gasteiger partial charge in [0.1, 0.15) is 6.10 Å². The monoisotopic (exact) mass is 228 g/mol. The lowest BCUT2D eigenvalue weighted by Crippen LogP contribution is -2.07. The molecule has 4 N–H and O–H groups in total. The van der Waals surface area contributed by atoms with Crippen molar-refractivity contribution >= 4 is 24.8 Å². The van der Waals surface area contributed by atoms with E-state index in [4.69, 9.17) is 10.8 Å². The molecule has 1 aromatic rings. The molecule has 0 spiro atoms. The third-order valence-corrected chi connectivity index (χ3v) is 1.32. The molecule has 2 unspecified atom stereocenters. The normalized spacial score (nSPS) is 13.8. The van der Waals surface area contributed by atoms with E-state index in [1.807, 2.05) is 0 Å². The summed E-state index contributed by atoms with van der Waals surface area (Å²) in [5.74, 6) is 0.984. The zero-order valence-electron chi connectivity index (χ0n) is 7.39. The van der Waals surface area contributed by atoms with E-state index in [-0.39, 0.29) is 30.9 Å². The number of nitrogens with zero attached hydrogens (tertiary/aromatic N) is 2. The van der Waals surface area contributed by atoms with Crippen molar-refractivity contribution < 1.29 is 5.11 Å². The first-order chi connectivity index (χ1) is 5.11. The predicted molar refractivity (Wildman–Crippen MR) is 54.1 cm³/mol. The van der Waals surface area contributed by atoms with Crippen molar-refractivity contribution in [1.29, 1.82) is 0 Å². The van der Waals surface area contributed by atoms with Gasteiger partial charge in [-0.05, 0) is 13.8 Å². The number of H-pyrrole nitrogens is 1. The Bertz CT molecular complexity index is 216. The summed E-state index contributed by atoms with van der Waals surface area (Å²) in [5, 5.41) is 15.5. The summed E-state index contributed by atoms with van der Waals surface area (Å²) in [5.41, 5.74) is 5.50. The van der Waals surface area contributed by atoms with Gasteiger partial charge >= 0.3 is 0 Å². The number of nitrogens with one attached hydrogen (secondary N) is 1. The lowest BCUT2D eigenvalue weighted by molar-refractivity contribution is 0.189. The quantitative estimate of drug-likeness (QED) is 0.697. The molecule has 0 bridgehead atoms. The first-order valence-corrected chi connectivity index (χ1v) is 3.47. The van der Waals surface area contributed by atoms with Crippen molar-refractivity contribution in [3.8, 4) is 0 Å². The molecule has 78 valence electrons. The average Bonchev–Trinajstić information content (AvgIpc) is 2.33. The summed E-state index contributed by atoms with van der Waals surface area (Å²) in [7, 11) is 0. The van der Waals surface area contributed by atoms with E-state index in [1.165, 1.54) is 0 Å². The molecule has 0 fully saturated rings. The third kappa shape index (κ3) is 3.91. The molecule has 2 atom stereocenters. The predicted octanol–water partition coefficient (Wildman–Crippen LogP) is 0.721. The SMILES string of the molecule is CC(N)c1n[nH]c(C(C)O)n1.Cl.Cl. The van der Waals surface area contributed by atoms with Crippen LogP contribution >= 0.6 is 24.8 Å². The summed E-state index contributed by atoms with van der Waals surface area (Å²) < 4.78 is 0. The second kappa shape index (κ2) is 6.15. The molecule has 13 heavy (non-hydrogen) atoms. The highest BCUT2D eigenvalue weighted by Crippen LogP contribution is 2.07. The van der Waals surface area contributed by atoms with Crippen LogP contribution in [0.5, 0.6) is 0 Å². The summed E-state index contributed by atoms with van der Waals surface area (Å²) >= 11 is 0. The first kappa shape index (κ1) is 15.1. The molecule has 0 amide bonds. The number of rotatable bonds is 2. The van der Waals surface area contributed by atoms with Gasteiger partial charge in [-0.15, -0.1) is 24.8 Å². The highest BCUT2D eigenvalue weighted by Gasteiger charge is 2.09. The molecule has 0 aliphatic rings. The summed E-state index contributed by atoms with van der Waals surface area (Å²) in [6, 6.07) is -0.196. The van der Waals surface area contributed by atoms with Gasteiger partial charge in [0.15, 0.2) is 11.6 Å². The minimum atomic E-state index is -0.616. The molecular formula is C6H14Cl2N4O. The minimum absolute atomic E-state index is 0. The van der Waals surface area contributed by atoms with Crippen molar-refractivity contribution in [2.75, 3.05) is 0 Å². The third-order valence-electron chi connectivity index (χ3n) is 1.32. The van der Waals surface area contributed by atoms with E-state index in [9.17, 15) is 0 Å². The van der Waals surface area contributed by atoms with E-state index >= 15 is 0 Å². The van der Waals surface area contributed by atoms with E-state index in [0.29, 0.717) is 11.6 Å². The van der Waals surface area contributed by atoms with Crippen LogP contribution in [-0.2, 0) is 0 Å². The van der Waals surface area contributed by atoms with E-state index in [0.717, 1.165) is 0 Å². The molecular weight excluding hydrogens is 215 g/mol. The van der Waals surface area contributed by atoms with Crippen LogP contribution in [0.4, 0.5) is 0 Å². The van der Waals surface area contributed by atoms with Crippen LogP contribution in [0.15, 0.2) is 0 Å². The van der Waals surface area contributed by atoms with Crippen molar-refractivity contribution in [2.45, 2.75) is 26.0 Å². The maximum absolute atomic E-state index is 9.04. The van der Waals surface area contributed by atoms with Crippen LogP contribution in [0.25, 0.3) is 0 Å². The molecule has 0 saturated heterocycles. The Labute approximate surface area is 88.9 Å². The summed E-state index contributed by atoms with van der Waals surface area (Å²) in [6.07, 6.45) is -0.616. The molecule has 0 saturated carbocycles. The largest absolute Gasteiger partial charge is 0.385 e. The van der Waals surface area contributed by atoms with Gasteiger partial charge in [-0.2, -0.15) is 5.10 Å². The highest BCUT2D eigenvalue weighted by molar-refractivity contribution is 5.85. The second-order valence-electron chi connectivity index (χ2n) is 2.54. The number of hydrogen-bond acceptors (Lipinski definition) is 4. The number of halogens is 2. The zero-order chi connectivity index (χ0) is 8.43. The van der Waals surface area contributed by atoms with Gasteiger partial charge in [0, 0.05) is 0 Å². The van der Waals surface area contributed by atoms with Crippen molar-refractivity contribution in [3.05, 3.63) is 11.6 Å². The molecule has 7 heteroatoms. The number of hydrogen-bond donors (Lipinski definition) is 3. The maximum Gasteiger partial charge on any atom is 0.167 e. The standard InChI is InChI=1S/C6H12N4O.2ClH/c1-3(7)5-8-6(4(2)11)10-9-5;;/h3-4,11H,7H2,1-2H3,(H,8,9,10);2*1H. The van der Waals surface area contributed by atoms with Crippen LogP contribution in [0, 0.1) is 0 Å². The van der Waals surface area contributed by atoms with Gasteiger partial charge in [0.2, 0.25) is 0 Å². The molecule has 0 aliphatic carbocycles. The number of nitrogens with two attached hydrogens (primary N) is 1. The highest BCUT2D eigenvalue weighted by atomic mass is 35.5. The van der Waals surface area contributed by atoms with Crippen LogP contribution in [-0.4, -0.2) is 20.3 Å². The fourth-order valence-corrected chi connectivity index (χ4v) is 0.678. The van der Waals surface area contributed by atoms with Crippen molar-refractivity contribution in [3.63, 3.8) is 0 Å². The Balaban J connectivity index is 0.